The van der Waals surface area contributed by atoms with E-state index in [-0.39, 0.29) is 11.9 Å². The number of carbonyl (C=O) groups excluding carboxylic acids is 1. The maximum Gasteiger partial charge on any atom is 0.239 e. The van der Waals surface area contributed by atoms with Crippen molar-refractivity contribution in [2.45, 2.75) is 44.7 Å². The molecule has 2 unspecified atom stereocenters. The van der Waals surface area contributed by atoms with Crippen molar-refractivity contribution in [3.63, 3.8) is 0 Å². The van der Waals surface area contributed by atoms with Crippen LogP contribution in [0.2, 0.25) is 0 Å². The van der Waals surface area contributed by atoms with Gasteiger partial charge in [0.25, 0.3) is 0 Å². The number of rotatable bonds is 3. The first-order valence-corrected chi connectivity index (χ1v) is 5.69. The molecule has 1 heterocycles. The zero-order valence-corrected chi connectivity index (χ0v) is 9.12. The number of nitrogens with zero attached hydrogens (tertiary/aromatic N) is 1. The molecule has 3 heteroatoms. The fourth-order valence-electron chi connectivity index (χ4n) is 2.37. The summed E-state index contributed by atoms with van der Waals surface area (Å²) in [4.78, 5) is 13.5. The van der Waals surface area contributed by atoms with Crippen molar-refractivity contribution in [3.8, 4) is 0 Å². The predicted molar refractivity (Wildman–Crippen MR) is 56.0 cm³/mol. The molecule has 0 aromatic heterocycles. The van der Waals surface area contributed by atoms with Gasteiger partial charge in [-0.3, -0.25) is 4.79 Å². The van der Waals surface area contributed by atoms with Crippen molar-refractivity contribution in [2.24, 2.45) is 5.92 Å². The zero-order valence-electron chi connectivity index (χ0n) is 9.12. The highest BCUT2D eigenvalue weighted by Crippen LogP contribution is 2.29. The van der Waals surface area contributed by atoms with Crippen LogP contribution in [0.5, 0.6) is 0 Å². The second-order valence-electron chi connectivity index (χ2n) is 4.75. The highest BCUT2D eigenvalue weighted by atomic mass is 16.2. The Bertz CT molecular complexity index is 225. The maximum atomic E-state index is 11.6. The van der Waals surface area contributed by atoms with Crippen LogP contribution >= 0.6 is 0 Å². The highest BCUT2D eigenvalue weighted by molar-refractivity contribution is 5.83. The molecule has 0 aromatic carbocycles. The summed E-state index contributed by atoms with van der Waals surface area (Å²) in [6, 6.07) is 0.611. The molecule has 2 aliphatic rings. The minimum atomic E-state index is 0.0931. The van der Waals surface area contributed by atoms with E-state index in [2.05, 4.69) is 12.2 Å². The van der Waals surface area contributed by atoms with E-state index in [9.17, 15) is 4.79 Å². The molecule has 14 heavy (non-hydrogen) atoms. The van der Waals surface area contributed by atoms with Gasteiger partial charge in [-0.2, -0.15) is 0 Å². The van der Waals surface area contributed by atoms with Crippen LogP contribution in [0.15, 0.2) is 0 Å². The van der Waals surface area contributed by atoms with E-state index in [0.29, 0.717) is 6.04 Å². The Kier molecular flexibility index (Phi) is 2.77. The second-order valence-corrected chi connectivity index (χ2v) is 4.75. The van der Waals surface area contributed by atoms with E-state index in [1.807, 2.05) is 11.9 Å². The van der Waals surface area contributed by atoms with Crippen LogP contribution in [0.3, 0.4) is 0 Å². The fraction of sp³-hybridized carbons (Fsp3) is 0.909. The molecular formula is C11H20N2O. The van der Waals surface area contributed by atoms with E-state index in [1.54, 1.807) is 0 Å². The molecule has 1 aliphatic heterocycles. The summed E-state index contributed by atoms with van der Waals surface area (Å²) in [7, 11) is 1.89. The molecule has 0 radical (unpaired) electrons. The number of amides is 1. The molecule has 3 nitrogen and oxygen atoms in total. The number of likely N-dealkylation sites (tertiary alicyclic amines) is 1. The van der Waals surface area contributed by atoms with E-state index in [1.165, 1.54) is 19.3 Å². The van der Waals surface area contributed by atoms with E-state index in [4.69, 9.17) is 0 Å². The van der Waals surface area contributed by atoms with Crippen LogP contribution in [0, 0.1) is 5.92 Å². The summed E-state index contributed by atoms with van der Waals surface area (Å²) in [5.41, 5.74) is 0. The Balaban J connectivity index is 1.82. The largest absolute Gasteiger partial charge is 0.344 e. The normalized spacial score (nSPS) is 30.6. The third-order valence-electron chi connectivity index (χ3n) is 3.75. The maximum absolute atomic E-state index is 11.6. The third kappa shape index (κ3) is 1.78. The van der Waals surface area contributed by atoms with E-state index < -0.39 is 0 Å². The van der Waals surface area contributed by atoms with Crippen LogP contribution in [0.4, 0.5) is 0 Å². The standard InChI is InChI=1S/C11H20N2O/c1-8(9-4-3-5-9)12-10-6-7-13(2)11(10)14/h8-10,12H,3-7H2,1-2H3. The van der Waals surface area contributed by atoms with Crippen LogP contribution in [0.1, 0.15) is 32.6 Å². The highest BCUT2D eigenvalue weighted by Gasteiger charge is 2.32. The number of likely N-dealkylation sites (N-methyl/N-ethyl adjacent to an activating group) is 1. The quantitative estimate of drug-likeness (QED) is 0.730. The van der Waals surface area contributed by atoms with Gasteiger partial charge in [0.05, 0.1) is 6.04 Å². The summed E-state index contributed by atoms with van der Waals surface area (Å²) >= 11 is 0. The topological polar surface area (TPSA) is 32.3 Å². The Morgan fingerprint density at radius 1 is 1.43 bits per heavy atom. The molecule has 2 rings (SSSR count). The lowest BCUT2D eigenvalue weighted by atomic mass is 9.80. The number of hydrogen-bond acceptors (Lipinski definition) is 2. The van der Waals surface area contributed by atoms with Crippen molar-refractivity contribution in [2.75, 3.05) is 13.6 Å². The predicted octanol–water partition coefficient (Wildman–Crippen LogP) is 0.995. The molecule has 1 amide bonds. The number of hydrogen-bond donors (Lipinski definition) is 1. The summed E-state index contributed by atoms with van der Waals surface area (Å²) in [5, 5.41) is 3.47. The van der Waals surface area contributed by atoms with Gasteiger partial charge in [0.15, 0.2) is 0 Å². The molecule has 2 fully saturated rings. The third-order valence-corrected chi connectivity index (χ3v) is 3.75. The Hall–Kier alpha value is -0.570. The van der Waals surface area contributed by atoms with Gasteiger partial charge in [0.2, 0.25) is 5.91 Å². The van der Waals surface area contributed by atoms with Gasteiger partial charge in [-0.1, -0.05) is 6.42 Å². The molecule has 2 atom stereocenters. The fourth-order valence-corrected chi connectivity index (χ4v) is 2.37. The van der Waals surface area contributed by atoms with Crippen LogP contribution < -0.4 is 5.32 Å². The second kappa shape index (κ2) is 3.89. The molecule has 1 saturated heterocycles. The summed E-state index contributed by atoms with van der Waals surface area (Å²) in [6.07, 6.45) is 5.03. The average molecular weight is 196 g/mol. The van der Waals surface area contributed by atoms with E-state index in [0.717, 1.165) is 18.9 Å². The van der Waals surface area contributed by atoms with Gasteiger partial charge in [-0.25, -0.2) is 0 Å². The lowest BCUT2D eigenvalue weighted by Crippen LogP contribution is -2.46. The van der Waals surface area contributed by atoms with Crippen LogP contribution in [-0.2, 0) is 4.79 Å². The summed E-state index contributed by atoms with van der Waals surface area (Å²) in [5.74, 6) is 1.09. The van der Waals surface area contributed by atoms with Gasteiger partial charge < -0.3 is 10.2 Å². The van der Waals surface area contributed by atoms with Crippen molar-refractivity contribution < 1.29 is 4.79 Å². The number of nitrogens with one attached hydrogen (secondary N) is 1. The average Bonchev–Trinajstić information content (AvgIpc) is 2.33. The molecular weight excluding hydrogens is 176 g/mol. The first-order valence-electron chi connectivity index (χ1n) is 5.69. The molecule has 1 aliphatic carbocycles. The first-order chi connectivity index (χ1) is 6.68. The van der Waals surface area contributed by atoms with Gasteiger partial charge in [-0.15, -0.1) is 0 Å². The van der Waals surface area contributed by atoms with E-state index >= 15 is 0 Å². The summed E-state index contributed by atoms with van der Waals surface area (Å²) < 4.78 is 0. The van der Waals surface area contributed by atoms with Crippen molar-refractivity contribution >= 4 is 5.91 Å². The monoisotopic (exact) mass is 196 g/mol. The smallest absolute Gasteiger partial charge is 0.239 e. The lowest BCUT2D eigenvalue weighted by Gasteiger charge is -2.33. The van der Waals surface area contributed by atoms with Gasteiger partial charge in [0.1, 0.15) is 0 Å². The van der Waals surface area contributed by atoms with Crippen molar-refractivity contribution in [1.29, 1.82) is 0 Å². The molecule has 80 valence electrons. The first kappa shape index (κ1) is 9.97. The van der Waals surface area contributed by atoms with Crippen LogP contribution in [-0.4, -0.2) is 36.5 Å². The van der Waals surface area contributed by atoms with Crippen LogP contribution in [0.25, 0.3) is 0 Å². The van der Waals surface area contributed by atoms with Crippen molar-refractivity contribution in [1.82, 2.24) is 10.2 Å². The lowest BCUT2D eigenvalue weighted by molar-refractivity contribution is -0.128. The molecule has 1 saturated carbocycles. The Labute approximate surface area is 85.8 Å². The Morgan fingerprint density at radius 3 is 2.57 bits per heavy atom. The minimum absolute atomic E-state index is 0.0931. The molecule has 0 spiro atoms. The number of carbonyl (C=O) groups is 1. The van der Waals surface area contributed by atoms with Crippen molar-refractivity contribution in [3.05, 3.63) is 0 Å². The van der Waals surface area contributed by atoms with Gasteiger partial charge in [-0.05, 0) is 32.1 Å². The minimum Gasteiger partial charge on any atom is -0.344 e. The molecule has 0 bridgehead atoms. The van der Waals surface area contributed by atoms with Gasteiger partial charge in [0, 0.05) is 19.6 Å². The Morgan fingerprint density at radius 2 is 2.14 bits per heavy atom. The van der Waals surface area contributed by atoms with Gasteiger partial charge >= 0.3 is 0 Å². The molecule has 0 aromatic rings. The summed E-state index contributed by atoms with van der Waals surface area (Å²) in [6.45, 7) is 3.13. The SMILES string of the molecule is CC(NC1CCN(C)C1=O)C1CCC1. The molecule has 1 N–H and O–H groups in total. The zero-order chi connectivity index (χ0) is 10.1.